The van der Waals surface area contributed by atoms with Gasteiger partial charge in [0.15, 0.2) is 0 Å². The minimum absolute atomic E-state index is 0.173. The van der Waals surface area contributed by atoms with Crippen LogP contribution in [0.4, 0.5) is 11.4 Å². The van der Waals surface area contributed by atoms with E-state index in [9.17, 15) is 9.59 Å². The highest BCUT2D eigenvalue weighted by molar-refractivity contribution is 6.31. The highest BCUT2D eigenvalue weighted by atomic mass is 35.5. The molecule has 1 aliphatic heterocycles. The molecular formula is C22H29ClN6O2. The summed E-state index contributed by atoms with van der Waals surface area (Å²) in [5.74, 6) is -0.574. The molecule has 1 saturated carbocycles. The SMILES string of the molecule is CN1CCN(c2cc(Cl)cc(C(=O)Nc3cn[nH]c3C(=O)NC3CCCCC3)c2)CC1. The molecule has 31 heavy (non-hydrogen) atoms. The zero-order valence-corrected chi connectivity index (χ0v) is 18.5. The van der Waals surface area contributed by atoms with Crippen LogP contribution in [0, 0.1) is 0 Å². The van der Waals surface area contributed by atoms with E-state index in [0.29, 0.717) is 16.3 Å². The van der Waals surface area contributed by atoms with Crippen molar-refractivity contribution in [2.45, 2.75) is 38.1 Å². The van der Waals surface area contributed by atoms with Crippen LogP contribution in [-0.2, 0) is 0 Å². The van der Waals surface area contributed by atoms with Gasteiger partial charge in [-0.3, -0.25) is 14.7 Å². The van der Waals surface area contributed by atoms with E-state index in [1.165, 1.54) is 12.6 Å². The van der Waals surface area contributed by atoms with Gasteiger partial charge < -0.3 is 20.4 Å². The Morgan fingerprint density at radius 1 is 1.06 bits per heavy atom. The van der Waals surface area contributed by atoms with Gasteiger partial charge in [-0.05, 0) is 38.1 Å². The Kier molecular flexibility index (Phi) is 6.77. The number of H-pyrrole nitrogens is 1. The second-order valence-corrected chi connectivity index (χ2v) is 8.85. The smallest absolute Gasteiger partial charge is 0.271 e. The molecule has 9 heteroatoms. The molecule has 1 aromatic heterocycles. The molecular weight excluding hydrogens is 416 g/mol. The maximum atomic E-state index is 12.9. The molecule has 1 aromatic carbocycles. The van der Waals surface area contributed by atoms with Crippen molar-refractivity contribution < 1.29 is 9.59 Å². The Morgan fingerprint density at radius 2 is 1.81 bits per heavy atom. The van der Waals surface area contributed by atoms with E-state index in [1.807, 2.05) is 12.1 Å². The number of rotatable bonds is 5. The van der Waals surface area contributed by atoms with Crippen LogP contribution >= 0.6 is 11.6 Å². The number of amides is 2. The lowest BCUT2D eigenvalue weighted by atomic mass is 9.95. The quantitative estimate of drug-likeness (QED) is 0.658. The number of nitrogens with one attached hydrogen (secondary N) is 3. The molecule has 0 atom stereocenters. The average Bonchev–Trinajstić information content (AvgIpc) is 3.23. The third kappa shape index (κ3) is 5.37. The number of benzene rings is 1. The number of nitrogens with zero attached hydrogens (tertiary/aromatic N) is 3. The van der Waals surface area contributed by atoms with E-state index in [0.717, 1.165) is 57.5 Å². The molecule has 3 N–H and O–H groups in total. The molecule has 2 aromatic rings. The fourth-order valence-electron chi connectivity index (χ4n) is 4.21. The summed E-state index contributed by atoms with van der Waals surface area (Å²) in [5, 5.41) is 13.0. The van der Waals surface area contributed by atoms with E-state index >= 15 is 0 Å². The summed E-state index contributed by atoms with van der Waals surface area (Å²) in [6.07, 6.45) is 6.90. The van der Waals surface area contributed by atoms with Crippen LogP contribution in [0.25, 0.3) is 0 Å². The van der Waals surface area contributed by atoms with Crippen LogP contribution < -0.4 is 15.5 Å². The first-order valence-corrected chi connectivity index (χ1v) is 11.3. The molecule has 166 valence electrons. The lowest BCUT2D eigenvalue weighted by Crippen LogP contribution is -2.44. The standard InChI is InChI=1S/C22H29ClN6O2/c1-28-7-9-29(10-8-28)18-12-15(11-16(23)13-18)21(30)26-19-14-24-27-20(19)22(31)25-17-5-3-2-4-6-17/h11-14,17H,2-10H2,1H3,(H,24,27)(H,25,31)(H,26,30). The molecule has 1 saturated heterocycles. The Labute approximate surface area is 187 Å². The Morgan fingerprint density at radius 3 is 2.55 bits per heavy atom. The van der Waals surface area contributed by atoms with Crippen molar-refractivity contribution in [2.24, 2.45) is 0 Å². The largest absolute Gasteiger partial charge is 0.369 e. The molecule has 2 amide bonds. The number of anilines is 2. The van der Waals surface area contributed by atoms with E-state index in [4.69, 9.17) is 11.6 Å². The van der Waals surface area contributed by atoms with Gasteiger partial charge in [0.1, 0.15) is 5.69 Å². The number of carbonyl (C=O) groups excluding carboxylic acids is 2. The normalized spacial score (nSPS) is 18.1. The van der Waals surface area contributed by atoms with Crippen LogP contribution in [0.2, 0.25) is 5.02 Å². The average molecular weight is 445 g/mol. The van der Waals surface area contributed by atoms with Gasteiger partial charge in [0.05, 0.1) is 11.9 Å². The number of hydrogen-bond donors (Lipinski definition) is 3. The number of likely N-dealkylation sites (N-methyl/N-ethyl adjacent to an activating group) is 1. The van der Waals surface area contributed by atoms with Crippen LogP contribution in [-0.4, -0.2) is 66.2 Å². The fourth-order valence-corrected chi connectivity index (χ4v) is 4.43. The first kappa shape index (κ1) is 21.6. The Bertz CT molecular complexity index is 932. The van der Waals surface area contributed by atoms with Crippen molar-refractivity contribution in [3.05, 3.63) is 40.7 Å². The third-order valence-corrected chi connectivity index (χ3v) is 6.29. The lowest BCUT2D eigenvalue weighted by Gasteiger charge is -2.34. The Balaban J connectivity index is 1.45. The van der Waals surface area contributed by atoms with Gasteiger partial charge in [-0.15, -0.1) is 0 Å². The van der Waals surface area contributed by atoms with Gasteiger partial charge in [0.2, 0.25) is 0 Å². The van der Waals surface area contributed by atoms with Gasteiger partial charge in [0, 0.05) is 48.5 Å². The fraction of sp³-hybridized carbons (Fsp3) is 0.500. The van der Waals surface area contributed by atoms with E-state index in [-0.39, 0.29) is 23.6 Å². The monoisotopic (exact) mass is 444 g/mol. The minimum Gasteiger partial charge on any atom is -0.369 e. The maximum absolute atomic E-state index is 12.9. The summed E-state index contributed by atoms with van der Waals surface area (Å²) < 4.78 is 0. The molecule has 8 nitrogen and oxygen atoms in total. The van der Waals surface area contributed by atoms with Crippen molar-refractivity contribution in [1.82, 2.24) is 20.4 Å². The van der Waals surface area contributed by atoms with Gasteiger partial charge in [-0.1, -0.05) is 30.9 Å². The number of aromatic nitrogens is 2. The molecule has 1 aliphatic carbocycles. The van der Waals surface area contributed by atoms with Gasteiger partial charge in [-0.2, -0.15) is 5.10 Å². The van der Waals surface area contributed by atoms with Crippen LogP contribution in [0.5, 0.6) is 0 Å². The highest BCUT2D eigenvalue weighted by Crippen LogP contribution is 2.25. The number of hydrogen-bond acceptors (Lipinski definition) is 5. The van der Waals surface area contributed by atoms with E-state index < -0.39 is 0 Å². The third-order valence-electron chi connectivity index (χ3n) is 6.07. The molecule has 0 spiro atoms. The second kappa shape index (κ2) is 9.70. The predicted octanol–water partition coefficient (Wildman–Crippen LogP) is 3.13. The molecule has 4 rings (SSSR count). The number of piperazine rings is 1. The molecule has 0 unspecified atom stereocenters. The topological polar surface area (TPSA) is 93.4 Å². The van der Waals surface area contributed by atoms with Gasteiger partial charge >= 0.3 is 0 Å². The summed E-state index contributed by atoms with van der Waals surface area (Å²) in [4.78, 5) is 30.1. The first-order valence-electron chi connectivity index (χ1n) is 10.9. The zero-order valence-electron chi connectivity index (χ0n) is 17.8. The minimum atomic E-state index is -0.328. The van der Waals surface area contributed by atoms with Crippen molar-refractivity contribution >= 4 is 34.8 Å². The molecule has 2 fully saturated rings. The van der Waals surface area contributed by atoms with Crippen molar-refractivity contribution in [2.75, 3.05) is 43.4 Å². The van der Waals surface area contributed by atoms with Gasteiger partial charge in [-0.25, -0.2) is 0 Å². The lowest BCUT2D eigenvalue weighted by molar-refractivity contribution is 0.0923. The number of carbonyl (C=O) groups is 2. The van der Waals surface area contributed by atoms with Crippen molar-refractivity contribution in [3.63, 3.8) is 0 Å². The summed E-state index contributed by atoms with van der Waals surface area (Å²) in [5.41, 5.74) is 1.99. The molecule has 2 heterocycles. The summed E-state index contributed by atoms with van der Waals surface area (Å²) in [6.45, 7) is 3.68. The molecule has 0 radical (unpaired) electrons. The Hall–Kier alpha value is -2.58. The second-order valence-electron chi connectivity index (χ2n) is 8.41. The van der Waals surface area contributed by atoms with E-state index in [2.05, 4.69) is 37.7 Å². The van der Waals surface area contributed by atoms with Gasteiger partial charge in [0.25, 0.3) is 11.8 Å². The van der Waals surface area contributed by atoms with Crippen LogP contribution in [0.1, 0.15) is 53.0 Å². The molecule has 0 bridgehead atoms. The zero-order chi connectivity index (χ0) is 21.8. The summed E-state index contributed by atoms with van der Waals surface area (Å²) in [7, 11) is 2.10. The van der Waals surface area contributed by atoms with E-state index in [1.54, 1.807) is 6.07 Å². The summed E-state index contributed by atoms with van der Waals surface area (Å²) in [6, 6.07) is 5.53. The predicted molar refractivity (Wildman–Crippen MR) is 122 cm³/mol. The first-order chi connectivity index (χ1) is 15.0. The molecule has 2 aliphatic rings. The van der Waals surface area contributed by atoms with Crippen LogP contribution in [0.3, 0.4) is 0 Å². The maximum Gasteiger partial charge on any atom is 0.271 e. The van der Waals surface area contributed by atoms with Crippen molar-refractivity contribution in [1.29, 1.82) is 0 Å². The summed E-state index contributed by atoms with van der Waals surface area (Å²) >= 11 is 6.31. The number of halogens is 1. The van der Waals surface area contributed by atoms with Crippen molar-refractivity contribution in [3.8, 4) is 0 Å². The van der Waals surface area contributed by atoms with Crippen LogP contribution in [0.15, 0.2) is 24.4 Å². The highest BCUT2D eigenvalue weighted by Gasteiger charge is 2.22. The number of aromatic amines is 1.